The Labute approximate surface area is 565 Å². The van der Waals surface area contributed by atoms with Crippen LogP contribution in [0.2, 0.25) is 0 Å². The molecule has 10 aliphatic rings. The molecule has 6 aliphatic heterocycles. The number of benzene rings is 4. The van der Waals surface area contributed by atoms with Crippen molar-refractivity contribution in [3.05, 3.63) is 103 Å². The number of aliphatic hydroxyl groups excluding tert-OH is 1. The zero-order chi connectivity index (χ0) is 69.9. The summed E-state index contributed by atoms with van der Waals surface area (Å²) in [4.78, 5) is 86.6. The van der Waals surface area contributed by atoms with Gasteiger partial charge in [-0.05, 0) is 51.7 Å². The molecule has 0 bridgehead atoms. The molecule has 6 fully saturated rings. The van der Waals surface area contributed by atoms with Gasteiger partial charge in [-0.1, -0.05) is 52.0 Å². The quantitative estimate of drug-likeness (QED) is 0.0445. The van der Waals surface area contributed by atoms with Crippen LogP contribution in [0.5, 0.6) is 34.5 Å². The van der Waals surface area contributed by atoms with E-state index in [4.69, 9.17) is 52.1 Å². The fourth-order valence-corrected chi connectivity index (χ4v) is 16.4. The van der Waals surface area contributed by atoms with Crippen LogP contribution in [0.25, 0.3) is 0 Å². The Kier molecular flexibility index (Phi) is 18.8. The lowest BCUT2D eigenvalue weighted by molar-refractivity contribution is -0.248. The normalized spacial score (nSPS) is 31.6. The Bertz CT molecular complexity index is 3950. The van der Waals surface area contributed by atoms with Crippen LogP contribution in [-0.4, -0.2) is 221 Å². The molecule has 6 heterocycles. The smallest absolute Gasteiger partial charge is 0.242 e. The number of hydrazone groups is 1. The molecule has 7 N–H and O–H groups in total. The number of hydrogen-bond acceptors (Lipinski definition) is 26. The van der Waals surface area contributed by atoms with Crippen molar-refractivity contribution < 1.29 is 112 Å². The Morgan fingerprint density at radius 2 is 1.24 bits per heavy atom. The highest BCUT2D eigenvalue weighted by Gasteiger charge is 2.57. The topological polar surface area (TPSA) is 356 Å². The van der Waals surface area contributed by atoms with E-state index in [9.17, 15) is 59.4 Å². The van der Waals surface area contributed by atoms with Crippen molar-refractivity contribution in [3.63, 3.8) is 0 Å². The van der Waals surface area contributed by atoms with E-state index in [0.717, 1.165) is 19.4 Å². The van der Waals surface area contributed by atoms with E-state index in [1.54, 1.807) is 60.1 Å². The lowest BCUT2D eigenvalue weighted by atomic mass is 9.70. The lowest BCUT2D eigenvalue weighted by Gasteiger charge is -2.43. The molecule has 15 atom stereocenters. The summed E-state index contributed by atoms with van der Waals surface area (Å²) in [5, 5.41) is 73.4. The summed E-state index contributed by atoms with van der Waals surface area (Å²) in [6.45, 7) is 11.6. The van der Waals surface area contributed by atoms with E-state index in [1.807, 2.05) is 13.8 Å². The van der Waals surface area contributed by atoms with Crippen molar-refractivity contribution in [2.75, 3.05) is 54.7 Å². The maximum Gasteiger partial charge on any atom is 0.242 e. The molecular weight excluding hydrogens is 1280 g/mol. The number of piperidine rings is 1. The molecule has 0 saturated carbocycles. The van der Waals surface area contributed by atoms with Gasteiger partial charge in [-0.25, -0.2) is 5.43 Å². The van der Waals surface area contributed by atoms with Gasteiger partial charge < -0.3 is 82.7 Å². The molecule has 27 heteroatoms. The number of fused-ring (bicyclic) bond motifs is 12. The highest BCUT2D eigenvalue weighted by atomic mass is 16.7. The van der Waals surface area contributed by atoms with E-state index in [1.165, 1.54) is 32.4 Å². The molecule has 0 spiro atoms. The molecule has 1 amide bonds. The van der Waals surface area contributed by atoms with Crippen molar-refractivity contribution in [1.29, 1.82) is 0 Å². The van der Waals surface area contributed by atoms with Crippen LogP contribution in [0.3, 0.4) is 0 Å². The van der Waals surface area contributed by atoms with Crippen LogP contribution < -0.4 is 19.6 Å². The van der Waals surface area contributed by atoms with E-state index in [-0.39, 0.29) is 159 Å². The van der Waals surface area contributed by atoms with Gasteiger partial charge in [-0.2, -0.15) is 5.10 Å². The minimum atomic E-state index is -1.99. The van der Waals surface area contributed by atoms with Gasteiger partial charge >= 0.3 is 0 Å². The average Bonchev–Trinajstić information content (AvgIpc) is 0.999. The number of methoxy groups -OCH3 is 4. The number of phenolic OH excluding ortho intramolecular Hbond substituents is 3. The number of aliphatic hydroxyl groups is 3. The van der Waals surface area contributed by atoms with Crippen molar-refractivity contribution in [2.24, 2.45) is 16.9 Å². The van der Waals surface area contributed by atoms with Gasteiger partial charge in [0.2, 0.25) is 23.8 Å². The molecule has 27 nitrogen and oxygen atoms in total. The minimum Gasteiger partial charge on any atom is -0.507 e. The van der Waals surface area contributed by atoms with Gasteiger partial charge in [0.05, 0.1) is 90.9 Å². The number of ketones is 5. The number of aromatic hydroxyl groups is 3. The number of phenols is 3. The van der Waals surface area contributed by atoms with Gasteiger partial charge in [0.25, 0.3) is 0 Å². The minimum absolute atomic E-state index is 0.0120. The Morgan fingerprint density at radius 3 is 1.85 bits per heavy atom. The molecule has 4 aromatic rings. The monoisotopic (exact) mass is 1360 g/mol. The van der Waals surface area contributed by atoms with E-state index in [2.05, 4.69) is 20.3 Å². The van der Waals surface area contributed by atoms with E-state index < -0.39 is 119 Å². The number of nitrogens with one attached hydrogen (secondary N) is 1. The SMILES string of the molecule is COc1cccc2c1C(=O)c1c(O)c3c(c(O)c1C2=O)C[C@@](O)(C(=O)C(C)C)C[C@@H]3O[C@H]1C[C@H]2[C@H](O[C@@H]3[C@@H](OC)CCCN32)[C@H](C)O1.COc1cccc2c1C(=O)c1c(O[C@H]3C[C@H]4[C@H](O[C@@H]5[C@@H](OC)OCCN54)[C@H](C)O3)c3c(c(O)c1C2=O)C[C@@](O)(/C(CO)=N/NC(=O)C(C)C)CC3. The summed E-state index contributed by atoms with van der Waals surface area (Å²) < 4.78 is 66.5. The molecular formula is C71H84N4O23. The third-order valence-corrected chi connectivity index (χ3v) is 21.2. The van der Waals surface area contributed by atoms with Gasteiger partial charge in [0, 0.05) is 117 Å². The van der Waals surface area contributed by atoms with Crippen LogP contribution in [0, 0.1) is 11.8 Å². The Morgan fingerprint density at radius 1 is 0.673 bits per heavy atom. The summed E-state index contributed by atoms with van der Waals surface area (Å²) in [6, 6.07) is 9.01. The zero-order valence-electron chi connectivity index (χ0n) is 56.3. The molecule has 14 rings (SSSR count). The van der Waals surface area contributed by atoms with Crippen molar-refractivity contribution in [3.8, 4) is 34.5 Å². The molecule has 0 unspecified atom stereocenters. The maximum absolute atomic E-state index is 14.5. The number of nitrogens with zero attached hydrogens (tertiary/aromatic N) is 3. The third kappa shape index (κ3) is 11.4. The van der Waals surface area contributed by atoms with Gasteiger partial charge in [0.15, 0.2) is 36.2 Å². The maximum atomic E-state index is 14.5. The number of Topliss-reactive ketones (excluding diaryl/α,β-unsaturated/α-hetero) is 1. The summed E-state index contributed by atoms with van der Waals surface area (Å²) in [7, 11) is 6.01. The van der Waals surface area contributed by atoms with Crippen molar-refractivity contribution in [1.82, 2.24) is 15.2 Å². The second-order valence-electron chi connectivity index (χ2n) is 27.5. The van der Waals surface area contributed by atoms with Crippen LogP contribution in [0.15, 0.2) is 41.5 Å². The second-order valence-corrected chi connectivity index (χ2v) is 27.5. The molecule has 0 aromatic heterocycles. The van der Waals surface area contributed by atoms with Gasteiger partial charge in [0.1, 0.15) is 64.1 Å². The number of ether oxygens (including phenoxy) is 11. The Balaban J connectivity index is 0.000000177. The molecule has 98 heavy (non-hydrogen) atoms. The molecule has 4 aliphatic carbocycles. The van der Waals surface area contributed by atoms with Crippen LogP contribution in [0.1, 0.15) is 172 Å². The average molecular weight is 1360 g/mol. The lowest BCUT2D eigenvalue weighted by Crippen LogP contribution is -2.55. The van der Waals surface area contributed by atoms with Crippen molar-refractivity contribution >= 4 is 40.5 Å². The van der Waals surface area contributed by atoms with Crippen LogP contribution >= 0.6 is 0 Å². The number of carbonyl (C=O) groups is 6. The first-order chi connectivity index (χ1) is 46.8. The van der Waals surface area contributed by atoms with E-state index in [0.29, 0.717) is 31.6 Å². The number of rotatable bonds is 14. The first-order valence-corrected chi connectivity index (χ1v) is 33.5. The number of amides is 1. The second kappa shape index (κ2) is 26.6. The molecule has 4 aromatic carbocycles. The number of morpholine rings is 1. The van der Waals surface area contributed by atoms with Gasteiger partial charge in [-0.15, -0.1) is 0 Å². The Hall–Kier alpha value is -7.35. The molecule has 0 radical (unpaired) electrons. The van der Waals surface area contributed by atoms with E-state index >= 15 is 0 Å². The summed E-state index contributed by atoms with van der Waals surface area (Å²) >= 11 is 0. The standard InChI is InChI=1S/C36H43N3O12.C35H41NO11/c1-16(2)33(44)38-37-23(15-40)36(45)10-9-18-20(14-36)29(42)26-27(30(43)25-19(28(26)41)7-6-8-22(25)46-4)32(18)50-24-13-21-31(17(3)49-24)51-34-35(47-5)48-12-11-39(21)34;1-15(2)33(41)35(42)13-18-25(31(40)27-26(29(18)38)28(37)17-8-6-9-20(43-4)24(17)30(27)39)22(14-35)46-23-12-19-32(16(3)45-23)47-34-21(44-5)10-7-11-36(19)34/h6-8,16-17,21,24,31,34-35,40,42,45H,9-15H2,1-5H3,(H,38,44);6,8-9,15-16,19,21-23,32,34,38,40,42H,7,10-14H2,1-5H3/b37-23+;/t17-,21-,24-,31+,34+,35-,36+;16-,19-,21-,22-,23-,32+,34+,35-/m00/s1. The third-order valence-electron chi connectivity index (χ3n) is 21.2. The fourth-order valence-electron chi connectivity index (χ4n) is 16.4. The first-order valence-electron chi connectivity index (χ1n) is 33.5. The highest BCUT2D eigenvalue weighted by molar-refractivity contribution is 6.32. The largest absolute Gasteiger partial charge is 0.507 e. The predicted molar refractivity (Wildman–Crippen MR) is 343 cm³/mol. The first kappa shape index (κ1) is 69.1. The highest BCUT2D eigenvalue weighted by Crippen LogP contribution is 2.55. The predicted octanol–water partition coefficient (Wildman–Crippen LogP) is 4.61. The summed E-state index contributed by atoms with van der Waals surface area (Å²) in [5.41, 5.74) is -2.03. The molecule has 526 valence electrons. The van der Waals surface area contributed by atoms with Crippen LogP contribution in [0.4, 0.5) is 0 Å². The zero-order valence-corrected chi connectivity index (χ0v) is 56.3. The van der Waals surface area contributed by atoms with Crippen LogP contribution in [-0.2, 0) is 66.7 Å². The molecule has 6 saturated heterocycles. The van der Waals surface area contributed by atoms with Crippen molar-refractivity contribution in [2.45, 2.75) is 191 Å². The fraction of sp³-hybridized carbons (Fsp3) is 0.563. The number of carbonyl (C=O) groups excluding carboxylic acids is 6. The summed E-state index contributed by atoms with van der Waals surface area (Å²) in [6.07, 6.45) is -3.89. The summed E-state index contributed by atoms with van der Waals surface area (Å²) in [5.74, 6) is -5.62. The number of hydrogen-bond donors (Lipinski definition) is 7. The van der Waals surface area contributed by atoms with Gasteiger partial charge in [-0.3, -0.25) is 38.6 Å².